The van der Waals surface area contributed by atoms with E-state index in [9.17, 15) is 4.79 Å². The van der Waals surface area contributed by atoms with Crippen LogP contribution in [0.4, 0.5) is 5.13 Å². The second kappa shape index (κ2) is 6.12. The quantitative estimate of drug-likeness (QED) is 0.828. The van der Waals surface area contributed by atoms with Crippen LogP contribution < -0.4 is 5.32 Å². The minimum Gasteiger partial charge on any atom is -0.476 e. The van der Waals surface area contributed by atoms with Gasteiger partial charge in [-0.15, -0.1) is 11.3 Å². The standard InChI is InChI=1S/C11H17N3O3S/c1-8-9(10(15)16)13-11(18-8)12-2-3-14-4-6-17-7-5-14/h2-7H2,1H3,(H,12,13)(H,15,16). The topological polar surface area (TPSA) is 74.7 Å². The summed E-state index contributed by atoms with van der Waals surface area (Å²) in [6.45, 7) is 6.96. The minimum atomic E-state index is -0.968. The first-order valence-corrected chi connectivity index (χ1v) is 6.73. The monoisotopic (exact) mass is 271 g/mol. The molecule has 1 fully saturated rings. The molecule has 0 amide bonds. The summed E-state index contributed by atoms with van der Waals surface area (Å²) >= 11 is 1.38. The van der Waals surface area contributed by atoms with E-state index in [1.165, 1.54) is 11.3 Å². The zero-order chi connectivity index (χ0) is 13.0. The zero-order valence-electron chi connectivity index (χ0n) is 10.3. The van der Waals surface area contributed by atoms with Gasteiger partial charge in [-0.1, -0.05) is 0 Å². The molecule has 0 saturated carbocycles. The summed E-state index contributed by atoms with van der Waals surface area (Å²) in [5, 5.41) is 12.8. The van der Waals surface area contributed by atoms with Crippen molar-refractivity contribution in [3.8, 4) is 0 Å². The molecule has 0 aliphatic carbocycles. The van der Waals surface area contributed by atoms with Gasteiger partial charge in [0, 0.05) is 31.1 Å². The lowest BCUT2D eigenvalue weighted by molar-refractivity contribution is 0.0398. The fourth-order valence-corrected chi connectivity index (χ4v) is 2.65. The fourth-order valence-electron chi connectivity index (χ4n) is 1.82. The molecule has 7 heteroatoms. The first-order chi connectivity index (χ1) is 8.66. The minimum absolute atomic E-state index is 0.147. The molecule has 0 unspecified atom stereocenters. The van der Waals surface area contributed by atoms with Crippen molar-refractivity contribution >= 4 is 22.4 Å². The normalized spacial score (nSPS) is 16.7. The summed E-state index contributed by atoms with van der Waals surface area (Å²) in [5.74, 6) is -0.968. The van der Waals surface area contributed by atoms with Gasteiger partial charge < -0.3 is 15.2 Å². The number of aryl methyl sites for hydroxylation is 1. The molecule has 0 radical (unpaired) electrons. The lowest BCUT2D eigenvalue weighted by Gasteiger charge is -2.26. The van der Waals surface area contributed by atoms with Crippen molar-refractivity contribution in [3.63, 3.8) is 0 Å². The van der Waals surface area contributed by atoms with Crippen molar-refractivity contribution in [2.45, 2.75) is 6.92 Å². The van der Waals surface area contributed by atoms with Gasteiger partial charge in [-0.3, -0.25) is 4.90 Å². The van der Waals surface area contributed by atoms with Crippen molar-refractivity contribution in [2.24, 2.45) is 0 Å². The highest BCUT2D eigenvalue weighted by Crippen LogP contribution is 2.21. The number of thiazole rings is 1. The molecule has 2 heterocycles. The predicted molar refractivity (Wildman–Crippen MR) is 69.6 cm³/mol. The number of hydrogen-bond acceptors (Lipinski definition) is 6. The Morgan fingerprint density at radius 3 is 2.89 bits per heavy atom. The molecule has 1 aromatic rings. The van der Waals surface area contributed by atoms with E-state index in [1.54, 1.807) is 6.92 Å². The molecule has 1 aromatic heterocycles. The maximum atomic E-state index is 10.9. The Hall–Kier alpha value is -1.18. The Bertz CT molecular complexity index is 416. The van der Waals surface area contributed by atoms with Crippen LogP contribution in [0.3, 0.4) is 0 Å². The van der Waals surface area contributed by atoms with Crippen molar-refractivity contribution in [2.75, 3.05) is 44.7 Å². The molecule has 0 spiro atoms. The van der Waals surface area contributed by atoms with Gasteiger partial charge in [0.25, 0.3) is 0 Å². The van der Waals surface area contributed by atoms with Crippen molar-refractivity contribution in [1.29, 1.82) is 0 Å². The maximum Gasteiger partial charge on any atom is 0.355 e. The Kier molecular flexibility index (Phi) is 4.51. The largest absolute Gasteiger partial charge is 0.476 e. The van der Waals surface area contributed by atoms with Gasteiger partial charge in [0.2, 0.25) is 0 Å². The van der Waals surface area contributed by atoms with Gasteiger partial charge in [0.05, 0.1) is 13.2 Å². The highest BCUT2D eigenvalue weighted by molar-refractivity contribution is 7.15. The zero-order valence-corrected chi connectivity index (χ0v) is 11.1. The maximum absolute atomic E-state index is 10.9. The highest BCUT2D eigenvalue weighted by atomic mass is 32.1. The van der Waals surface area contributed by atoms with Gasteiger partial charge >= 0.3 is 5.97 Å². The van der Waals surface area contributed by atoms with E-state index in [4.69, 9.17) is 9.84 Å². The van der Waals surface area contributed by atoms with Crippen LogP contribution in [-0.4, -0.2) is 60.4 Å². The molecule has 0 aromatic carbocycles. The van der Waals surface area contributed by atoms with Gasteiger partial charge in [0.1, 0.15) is 0 Å². The van der Waals surface area contributed by atoms with Crippen LogP contribution in [-0.2, 0) is 4.74 Å². The Morgan fingerprint density at radius 1 is 1.56 bits per heavy atom. The Balaban J connectivity index is 1.79. The van der Waals surface area contributed by atoms with E-state index in [0.717, 1.165) is 44.3 Å². The number of nitrogens with zero attached hydrogens (tertiary/aromatic N) is 2. The van der Waals surface area contributed by atoms with Crippen LogP contribution >= 0.6 is 11.3 Å². The smallest absolute Gasteiger partial charge is 0.355 e. The Morgan fingerprint density at radius 2 is 2.28 bits per heavy atom. The molecular weight excluding hydrogens is 254 g/mol. The van der Waals surface area contributed by atoms with Gasteiger partial charge in [0.15, 0.2) is 10.8 Å². The number of carbonyl (C=O) groups is 1. The summed E-state index contributed by atoms with van der Waals surface area (Å²) in [6, 6.07) is 0. The van der Waals surface area contributed by atoms with Crippen LogP contribution in [0.2, 0.25) is 0 Å². The third-order valence-corrected chi connectivity index (χ3v) is 3.74. The number of carboxylic acids is 1. The molecule has 1 aliphatic rings. The summed E-state index contributed by atoms with van der Waals surface area (Å²) in [7, 11) is 0. The third kappa shape index (κ3) is 3.41. The van der Waals surface area contributed by atoms with E-state index >= 15 is 0 Å². The van der Waals surface area contributed by atoms with E-state index in [-0.39, 0.29) is 5.69 Å². The third-order valence-electron chi connectivity index (χ3n) is 2.81. The number of hydrogen-bond donors (Lipinski definition) is 2. The van der Waals surface area contributed by atoms with Crippen molar-refractivity contribution in [3.05, 3.63) is 10.6 Å². The van der Waals surface area contributed by atoms with Crippen LogP contribution in [0.1, 0.15) is 15.4 Å². The van der Waals surface area contributed by atoms with Crippen molar-refractivity contribution < 1.29 is 14.6 Å². The van der Waals surface area contributed by atoms with Crippen molar-refractivity contribution in [1.82, 2.24) is 9.88 Å². The molecule has 1 aliphatic heterocycles. The average Bonchev–Trinajstić information content (AvgIpc) is 2.72. The lowest BCUT2D eigenvalue weighted by Crippen LogP contribution is -2.39. The molecule has 0 atom stereocenters. The second-order valence-electron chi connectivity index (χ2n) is 4.11. The molecule has 18 heavy (non-hydrogen) atoms. The fraction of sp³-hybridized carbons (Fsp3) is 0.636. The van der Waals surface area contributed by atoms with Crippen LogP contribution in [0.25, 0.3) is 0 Å². The molecule has 2 N–H and O–H groups in total. The number of ether oxygens (including phenoxy) is 1. The van der Waals surface area contributed by atoms with Crippen LogP contribution in [0, 0.1) is 6.92 Å². The molecular formula is C11H17N3O3S. The van der Waals surface area contributed by atoms with E-state index in [2.05, 4.69) is 15.2 Å². The summed E-state index contributed by atoms with van der Waals surface area (Å²) in [6.07, 6.45) is 0. The number of carboxylic acid groups (broad SMARTS) is 1. The lowest BCUT2D eigenvalue weighted by atomic mass is 10.4. The Labute approximate surface area is 110 Å². The van der Waals surface area contributed by atoms with Crippen LogP contribution in [0.15, 0.2) is 0 Å². The number of anilines is 1. The van der Waals surface area contributed by atoms with E-state index in [1.807, 2.05) is 0 Å². The molecule has 100 valence electrons. The SMILES string of the molecule is Cc1sc(NCCN2CCOCC2)nc1C(=O)O. The summed E-state index contributed by atoms with van der Waals surface area (Å²) in [4.78, 5) is 18.0. The number of aromatic carboxylic acids is 1. The van der Waals surface area contributed by atoms with E-state index in [0.29, 0.717) is 5.13 Å². The molecule has 2 rings (SSSR count). The summed E-state index contributed by atoms with van der Waals surface area (Å²) in [5.41, 5.74) is 0.147. The first-order valence-electron chi connectivity index (χ1n) is 5.91. The number of morpholine rings is 1. The number of aromatic nitrogens is 1. The van der Waals surface area contributed by atoms with E-state index < -0.39 is 5.97 Å². The first kappa shape index (κ1) is 13.3. The number of nitrogens with one attached hydrogen (secondary N) is 1. The van der Waals surface area contributed by atoms with Gasteiger partial charge in [-0.05, 0) is 6.92 Å². The predicted octanol–water partition coefficient (Wildman–Crippen LogP) is 0.894. The van der Waals surface area contributed by atoms with Gasteiger partial charge in [-0.25, -0.2) is 9.78 Å². The van der Waals surface area contributed by atoms with Gasteiger partial charge in [-0.2, -0.15) is 0 Å². The average molecular weight is 271 g/mol. The molecule has 6 nitrogen and oxygen atoms in total. The number of rotatable bonds is 5. The molecule has 0 bridgehead atoms. The second-order valence-corrected chi connectivity index (χ2v) is 5.31. The molecule has 1 saturated heterocycles. The summed E-state index contributed by atoms with van der Waals surface area (Å²) < 4.78 is 5.27. The highest BCUT2D eigenvalue weighted by Gasteiger charge is 2.14. The van der Waals surface area contributed by atoms with Crippen LogP contribution in [0.5, 0.6) is 0 Å².